The van der Waals surface area contributed by atoms with Crippen molar-refractivity contribution in [2.75, 3.05) is 25.0 Å². The van der Waals surface area contributed by atoms with E-state index >= 15 is 0 Å². The fourth-order valence-corrected chi connectivity index (χ4v) is 2.59. The molecule has 0 aliphatic carbocycles. The van der Waals surface area contributed by atoms with E-state index in [4.69, 9.17) is 5.73 Å². The van der Waals surface area contributed by atoms with Crippen LogP contribution in [0.4, 0.5) is 5.82 Å². The molecule has 1 saturated heterocycles. The largest absolute Gasteiger partial charge is 0.353 e. The molecule has 2 N–H and O–H groups in total. The monoisotopic (exact) mass is 248 g/mol. The van der Waals surface area contributed by atoms with Crippen LogP contribution in [0.5, 0.6) is 0 Å². The summed E-state index contributed by atoms with van der Waals surface area (Å²) in [5.41, 5.74) is 7.95. The van der Waals surface area contributed by atoms with E-state index in [9.17, 15) is 0 Å². The van der Waals surface area contributed by atoms with E-state index in [1.807, 2.05) is 6.92 Å². The quantitative estimate of drug-likeness (QED) is 0.859. The number of nitrogens with zero attached hydrogens (tertiary/aromatic N) is 3. The van der Waals surface area contributed by atoms with E-state index in [1.165, 1.54) is 0 Å². The second-order valence-corrected chi connectivity index (χ2v) is 5.45. The van der Waals surface area contributed by atoms with Gasteiger partial charge in [0.2, 0.25) is 0 Å². The molecule has 4 heteroatoms. The third kappa shape index (κ3) is 2.65. The molecule has 0 radical (unpaired) electrons. The van der Waals surface area contributed by atoms with Gasteiger partial charge in [-0.3, -0.25) is 4.90 Å². The van der Waals surface area contributed by atoms with Crippen LogP contribution in [-0.4, -0.2) is 42.1 Å². The molecule has 100 valence electrons. The van der Waals surface area contributed by atoms with E-state index in [0.29, 0.717) is 18.6 Å². The highest BCUT2D eigenvalue weighted by Gasteiger charge is 2.27. The molecule has 1 aromatic heterocycles. The van der Waals surface area contributed by atoms with Crippen LogP contribution < -0.4 is 10.6 Å². The van der Waals surface area contributed by atoms with Crippen LogP contribution in [0, 0.1) is 6.92 Å². The Hall–Kier alpha value is -1.13. The van der Waals surface area contributed by atoms with Crippen LogP contribution in [0.2, 0.25) is 0 Å². The number of piperazine rings is 1. The Balaban J connectivity index is 2.23. The van der Waals surface area contributed by atoms with Gasteiger partial charge in [0.1, 0.15) is 5.82 Å². The maximum atomic E-state index is 5.74. The van der Waals surface area contributed by atoms with Crippen molar-refractivity contribution < 1.29 is 0 Å². The lowest BCUT2D eigenvalue weighted by atomic mass is 10.1. The first-order valence-electron chi connectivity index (χ1n) is 6.65. The van der Waals surface area contributed by atoms with Gasteiger partial charge in [-0.2, -0.15) is 0 Å². The average molecular weight is 248 g/mol. The lowest BCUT2D eigenvalue weighted by Gasteiger charge is -2.43. The van der Waals surface area contributed by atoms with E-state index in [-0.39, 0.29) is 0 Å². The van der Waals surface area contributed by atoms with Gasteiger partial charge >= 0.3 is 0 Å². The van der Waals surface area contributed by atoms with Crippen molar-refractivity contribution in [3.63, 3.8) is 0 Å². The minimum atomic E-state index is 0.553. The predicted octanol–water partition coefficient (Wildman–Crippen LogP) is 1.38. The number of aromatic nitrogens is 1. The van der Waals surface area contributed by atoms with Gasteiger partial charge in [0, 0.05) is 37.4 Å². The molecule has 2 unspecified atom stereocenters. The second-order valence-electron chi connectivity index (χ2n) is 5.45. The first-order chi connectivity index (χ1) is 8.51. The van der Waals surface area contributed by atoms with Gasteiger partial charge in [-0.25, -0.2) is 4.98 Å². The summed E-state index contributed by atoms with van der Waals surface area (Å²) in [6, 6.07) is 5.29. The van der Waals surface area contributed by atoms with E-state index in [2.05, 4.69) is 47.8 Å². The first kappa shape index (κ1) is 13.3. The van der Waals surface area contributed by atoms with Crippen molar-refractivity contribution in [1.82, 2.24) is 9.88 Å². The molecular formula is C14H24N4. The van der Waals surface area contributed by atoms with Gasteiger partial charge in [-0.15, -0.1) is 0 Å². The number of hydrogen-bond acceptors (Lipinski definition) is 4. The number of hydrogen-bond donors (Lipinski definition) is 1. The summed E-state index contributed by atoms with van der Waals surface area (Å²) >= 11 is 0. The number of aryl methyl sites for hydroxylation is 1. The van der Waals surface area contributed by atoms with E-state index in [1.54, 1.807) is 0 Å². The summed E-state index contributed by atoms with van der Waals surface area (Å²) < 4.78 is 0. The molecule has 1 aliphatic heterocycles. The lowest BCUT2D eigenvalue weighted by Crippen LogP contribution is -2.55. The standard InChI is InChI=1S/C14H24N4/c1-10-5-13(7-15)6-14(16-10)18-8-11(2)17(4)12(3)9-18/h5-6,11-12H,7-9,15H2,1-4H3. The molecule has 1 aromatic rings. The highest BCUT2D eigenvalue weighted by atomic mass is 15.3. The summed E-state index contributed by atoms with van der Waals surface area (Å²) in [4.78, 5) is 9.45. The summed E-state index contributed by atoms with van der Waals surface area (Å²) in [5.74, 6) is 1.07. The molecule has 0 bridgehead atoms. The zero-order chi connectivity index (χ0) is 13.3. The molecule has 4 nitrogen and oxygen atoms in total. The molecular weight excluding hydrogens is 224 g/mol. The van der Waals surface area contributed by atoms with Gasteiger partial charge in [-0.05, 0) is 45.5 Å². The second kappa shape index (κ2) is 5.24. The zero-order valence-electron chi connectivity index (χ0n) is 11.8. The van der Waals surface area contributed by atoms with Crippen LogP contribution in [0.3, 0.4) is 0 Å². The topological polar surface area (TPSA) is 45.4 Å². The first-order valence-corrected chi connectivity index (χ1v) is 6.65. The highest BCUT2D eigenvalue weighted by molar-refractivity contribution is 5.43. The Labute approximate surface area is 110 Å². The molecule has 2 heterocycles. The Morgan fingerprint density at radius 2 is 1.89 bits per heavy atom. The van der Waals surface area contributed by atoms with Gasteiger partial charge in [-0.1, -0.05) is 0 Å². The fourth-order valence-electron chi connectivity index (χ4n) is 2.59. The molecule has 0 spiro atoms. The molecule has 0 amide bonds. The molecule has 0 saturated carbocycles. The number of rotatable bonds is 2. The molecule has 2 rings (SSSR count). The molecule has 18 heavy (non-hydrogen) atoms. The lowest BCUT2D eigenvalue weighted by molar-refractivity contribution is 0.169. The van der Waals surface area contributed by atoms with Gasteiger partial charge in [0.15, 0.2) is 0 Å². The smallest absolute Gasteiger partial charge is 0.129 e. The van der Waals surface area contributed by atoms with Crippen molar-refractivity contribution in [1.29, 1.82) is 0 Å². The molecule has 1 aliphatic rings. The summed E-state index contributed by atoms with van der Waals surface area (Å²) in [5, 5.41) is 0. The van der Waals surface area contributed by atoms with E-state index in [0.717, 1.165) is 30.2 Å². The summed E-state index contributed by atoms with van der Waals surface area (Å²) in [6.07, 6.45) is 0. The van der Waals surface area contributed by atoms with Crippen LogP contribution in [0.25, 0.3) is 0 Å². The fraction of sp³-hybridized carbons (Fsp3) is 0.643. The molecule has 0 aromatic carbocycles. The molecule has 1 fully saturated rings. The third-order valence-electron chi connectivity index (χ3n) is 3.92. The summed E-state index contributed by atoms with van der Waals surface area (Å²) in [7, 11) is 2.20. The van der Waals surface area contributed by atoms with Crippen molar-refractivity contribution in [2.24, 2.45) is 5.73 Å². The number of pyridine rings is 1. The number of nitrogens with two attached hydrogens (primary N) is 1. The highest BCUT2D eigenvalue weighted by Crippen LogP contribution is 2.21. The van der Waals surface area contributed by atoms with Crippen molar-refractivity contribution >= 4 is 5.82 Å². The van der Waals surface area contributed by atoms with Crippen LogP contribution in [0.1, 0.15) is 25.1 Å². The zero-order valence-corrected chi connectivity index (χ0v) is 11.8. The Morgan fingerprint density at radius 1 is 1.28 bits per heavy atom. The minimum Gasteiger partial charge on any atom is -0.353 e. The Kier molecular flexibility index (Phi) is 3.88. The SMILES string of the molecule is Cc1cc(CN)cc(N2CC(C)N(C)C(C)C2)n1. The van der Waals surface area contributed by atoms with Crippen LogP contribution >= 0.6 is 0 Å². The van der Waals surface area contributed by atoms with Crippen molar-refractivity contribution in [3.8, 4) is 0 Å². The summed E-state index contributed by atoms with van der Waals surface area (Å²) in [6.45, 7) is 9.20. The van der Waals surface area contributed by atoms with E-state index < -0.39 is 0 Å². The third-order valence-corrected chi connectivity index (χ3v) is 3.92. The maximum absolute atomic E-state index is 5.74. The van der Waals surface area contributed by atoms with Gasteiger partial charge in [0.25, 0.3) is 0 Å². The van der Waals surface area contributed by atoms with Crippen molar-refractivity contribution in [2.45, 2.75) is 39.4 Å². The number of anilines is 1. The van der Waals surface area contributed by atoms with Gasteiger partial charge in [0.05, 0.1) is 0 Å². The average Bonchev–Trinajstić information content (AvgIpc) is 2.34. The Morgan fingerprint density at radius 3 is 2.44 bits per heavy atom. The van der Waals surface area contributed by atoms with Crippen molar-refractivity contribution in [3.05, 3.63) is 23.4 Å². The number of likely N-dealkylation sites (N-methyl/N-ethyl adjacent to an activating group) is 1. The van der Waals surface area contributed by atoms with Crippen LogP contribution in [0.15, 0.2) is 12.1 Å². The molecule has 2 atom stereocenters. The van der Waals surface area contributed by atoms with Crippen LogP contribution in [-0.2, 0) is 6.54 Å². The predicted molar refractivity (Wildman–Crippen MR) is 75.8 cm³/mol. The minimum absolute atomic E-state index is 0.553. The normalized spacial score (nSPS) is 25.5. The van der Waals surface area contributed by atoms with Gasteiger partial charge < -0.3 is 10.6 Å². The maximum Gasteiger partial charge on any atom is 0.129 e. The Bertz CT molecular complexity index is 406.